The maximum absolute atomic E-state index is 13.3. The number of benzene rings is 2. The molecule has 0 spiro atoms. The van der Waals surface area contributed by atoms with E-state index in [9.17, 15) is 14.0 Å². The first-order valence-corrected chi connectivity index (χ1v) is 11.8. The smallest absolute Gasteiger partial charge is 0.243 e. The van der Waals surface area contributed by atoms with Gasteiger partial charge in [0.15, 0.2) is 0 Å². The summed E-state index contributed by atoms with van der Waals surface area (Å²) in [4.78, 5) is 27.7. The highest BCUT2D eigenvalue weighted by molar-refractivity contribution is 7.98. The summed E-state index contributed by atoms with van der Waals surface area (Å²) in [6.45, 7) is 7.94. The molecule has 2 aromatic rings. The Morgan fingerprint density at radius 2 is 1.68 bits per heavy atom. The fraction of sp³-hybridized carbons (Fsp3) is 0.440. The molecule has 0 unspecified atom stereocenters. The number of rotatable bonds is 10. The Balaban J connectivity index is 2.08. The van der Waals surface area contributed by atoms with E-state index in [2.05, 4.69) is 17.4 Å². The monoisotopic (exact) mass is 444 g/mol. The van der Waals surface area contributed by atoms with Gasteiger partial charge in [-0.25, -0.2) is 4.39 Å². The lowest BCUT2D eigenvalue weighted by Crippen LogP contribution is -2.53. The van der Waals surface area contributed by atoms with Crippen molar-refractivity contribution in [3.8, 4) is 0 Å². The van der Waals surface area contributed by atoms with E-state index in [0.29, 0.717) is 18.6 Å². The van der Waals surface area contributed by atoms with Crippen molar-refractivity contribution in [2.75, 3.05) is 5.75 Å². The van der Waals surface area contributed by atoms with Gasteiger partial charge in [-0.15, -0.1) is 0 Å². The van der Waals surface area contributed by atoms with Crippen LogP contribution in [0.2, 0.25) is 0 Å². The van der Waals surface area contributed by atoms with Gasteiger partial charge in [-0.3, -0.25) is 9.59 Å². The van der Waals surface area contributed by atoms with Crippen LogP contribution >= 0.6 is 11.8 Å². The number of carbonyl (C=O) groups is 2. The van der Waals surface area contributed by atoms with Crippen LogP contribution in [-0.2, 0) is 21.9 Å². The Kier molecular flexibility index (Phi) is 9.56. The lowest BCUT2D eigenvalue weighted by molar-refractivity contribution is -0.141. The summed E-state index contributed by atoms with van der Waals surface area (Å²) in [6.07, 6.45) is 0.851. The van der Waals surface area contributed by atoms with Gasteiger partial charge in [0.25, 0.3) is 0 Å². The summed E-state index contributed by atoms with van der Waals surface area (Å²) in [5, 5.41) is 2.99. The normalized spacial score (nSPS) is 12.3. The average molecular weight is 445 g/mol. The fourth-order valence-corrected chi connectivity index (χ4v) is 4.12. The molecule has 31 heavy (non-hydrogen) atoms. The molecule has 0 bridgehead atoms. The second kappa shape index (κ2) is 11.9. The first-order valence-electron chi connectivity index (χ1n) is 10.7. The summed E-state index contributed by atoms with van der Waals surface area (Å²) >= 11 is 1.70. The molecule has 0 fully saturated rings. The average Bonchev–Trinajstić information content (AvgIpc) is 2.72. The number of halogens is 1. The van der Waals surface area contributed by atoms with Crippen LogP contribution in [0.5, 0.6) is 0 Å². The fourth-order valence-electron chi connectivity index (χ4n) is 3.23. The van der Waals surface area contributed by atoms with Gasteiger partial charge >= 0.3 is 0 Å². The Hall–Kier alpha value is -2.34. The van der Waals surface area contributed by atoms with Gasteiger partial charge in [0.05, 0.1) is 0 Å². The Morgan fingerprint density at radius 1 is 1.03 bits per heavy atom. The largest absolute Gasteiger partial charge is 0.350 e. The van der Waals surface area contributed by atoms with Crippen LogP contribution in [0, 0.1) is 5.82 Å². The second-order valence-corrected chi connectivity index (χ2v) is 9.70. The van der Waals surface area contributed by atoms with Gasteiger partial charge < -0.3 is 10.2 Å². The highest BCUT2D eigenvalue weighted by atomic mass is 32.2. The molecule has 0 aliphatic carbocycles. The number of hydrogen-bond acceptors (Lipinski definition) is 3. The third-order valence-corrected chi connectivity index (χ3v) is 5.75. The second-order valence-electron chi connectivity index (χ2n) is 8.60. The van der Waals surface area contributed by atoms with Crippen LogP contribution in [0.1, 0.15) is 51.7 Å². The quantitative estimate of drug-likeness (QED) is 0.514. The van der Waals surface area contributed by atoms with Crippen molar-refractivity contribution in [1.29, 1.82) is 0 Å². The summed E-state index contributed by atoms with van der Waals surface area (Å²) in [5.74, 6) is 0.957. The minimum atomic E-state index is -0.573. The van der Waals surface area contributed by atoms with Gasteiger partial charge in [0, 0.05) is 30.0 Å². The van der Waals surface area contributed by atoms with Crippen LogP contribution < -0.4 is 5.32 Å². The van der Waals surface area contributed by atoms with Gasteiger partial charge in [0.1, 0.15) is 11.9 Å². The third-order valence-electron chi connectivity index (χ3n) is 4.72. The molecule has 0 aliphatic heterocycles. The zero-order valence-electron chi connectivity index (χ0n) is 18.9. The van der Waals surface area contributed by atoms with Crippen molar-refractivity contribution in [3.05, 3.63) is 71.5 Å². The predicted molar refractivity (Wildman–Crippen MR) is 126 cm³/mol. The maximum atomic E-state index is 13.3. The molecule has 2 amide bonds. The topological polar surface area (TPSA) is 49.4 Å². The van der Waals surface area contributed by atoms with Crippen molar-refractivity contribution in [1.82, 2.24) is 10.2 Å². The first kappa shape index (κ1) is 24.9. The van der Waals surface area contributed by atoms with E-state index in [1.165, 1.54) is 17.7 Å². The minimum absolute atomic E-state index is 0.0687. The molecule has 0 aromatic heterocycles. The number of hydrogen-bond donors (Lipinski definition) is 1. The molecule has 0 aliphatic rings. The molecule has 4 nitrogen and oxygen atoms in total. The van der Waals surface area contributed by atoms with Crippen molar-refractivity contribution in [2.24, 2.45) is 0 Å². The Labute approximate surface area is 189 Å². The van der Waals surface area contributed by atoms with Gasteiger partial charge in [-0.1, -0.05) is 49.4 Å². The van der Waals surface area contributed by atoms with Crippen LogP contribution in [0.3, 0.4) is 0 Å². The van der Waals surface area contributed by atoms with Crippen molar-refractivity contribution >= 4 is 23.6 Å². The standard InChI is InChI=1S/C25H33FN2O2S/c1-5-22(24(30)27-25(2,3)4)28(17-19-11-13-21(26)14-12-19)23(29)15-16-31-18-20-9-7-6-8-10-20/h6-14,22H,5,15-18H2,1-4H3,(H,27,30)/t22-/m1/s1. The van der Waals surface area contributed by atoms with E-state index in [-0.39, 0.29) is 29.7 Å². The number of thioether (sulfide) groups is 1. The van der Waals surface area contributed by atoms with E-state index in [1.807, 2.05) is 45.9 Å². The molecule has 0 saturated carbocycles. The zero-order valence-corrected chi connectivity index (χ0v) is 19.7. The molecule has 2 rings (SSSR count). The number of nitrogens with one attached hydrogen (secondary N) is 1. The van der Waals surface area contributed by atoms with Gasteiger partial charge in [0.2, 0.25) is 11.8 Å². The van der Waals surface area contributed by atoms with Crippen molar-refractivity contribution in [2.45, 2.75) is 64.4 Å². The maximum Gasteiger partial charge on any atom is 0.243 e. The third kappa shape index (κ3) is 8.74. The molecule has 0 heterocycles. The summed E-state index contributed by atoms with van der Waals surface area (Å²) < 4.78 is 13.3. The van der Waals surface area contributed by atoms with Gasteiger partial charge in [-0.2, -0.15) is 11.8 Å². The molecule has 168 valence electrons. The molecule has 2 aromatic carbocycles. The lowest BCUT2D eigenvalue weighted by atomic mass is 10.1. The zero-order chi connectivity index (χ0) is 22.9. The summed E-state index contributed by atoms with van der Waals surface area (Å²) in [6, 6.07) is 15.6. The number of carbonyl (C=O) groups excluding carboxylic acids is 2. The Morgan fingerprint density at radius 3 is 2.26 bits per heavy atom. The lowest BCUT2D eigenvalue weighted by Gasteiger charge is -2.33. The van der Waals surface area contributed by atoms with Crippen LogP contribution in [0.15, 0.2) is 54.6 Å². The first-order chi connectivity index (χ1) is 14.7. The van der Waals surface area contributed by atoms with Crippen LogP contribution in [0.4, 0.5) is 4.39 Å². The molecule has 0 radical (unpaired) electrons. The summed E-state index contributed by atoms with van der Waals surface area (Å²) in [7, 11) is 0. The van der Waals surface area contributed by atoms with E-state index in [0.717, 1.165) is 11.3 Å². The number of amides is 2. The predicted octanol–water partition coefficient (Wildman–Crippen LogP) is 5.17. The summed E-state index contributed by atoms with van der Waals surface area (Å²) in [5.41, 5.74) is 1.63. The SMILES string of the molecule is CC[C@H](C(=O)NC(C)(C)C)N(Cc1ccc(F)cc1)C(=O)CCSCc1ccccc1. The minimum Gasteiger partial charge on any atom is -0.350 e. The Bertz CT molecular complexity index is 835. The van der Waals surface area contributed by atoms with Gasteiger partial charge in [-0.05, 0) is 50.5 Å². The van der Waals surface area contributed by atoms with Crippen molar-refractivity contribution < 1.29 is 14.0 Å². The highest BCUT2D eigenvalue weighted by Gasteiger charge is 2.30. The van der Waals surface area contributed by atoms with E-state index in [1.54, 1.807) is 28.8 Å². The highest BCUT2D eigenvalue weighted by Crippen LogP contribution is 2.18. The molecular formula is C25H33FN2O2S. The molecule has 1 atom stereocenters. The van der Waals surface area contributed by atoms with E-state index in [4.69, 9.17) is 0 Å². The molecule has 0 saturated heterocycles. The van der Waals surface area contributed by atoms with E-state index >= 15 is 0 Å². The molecular weight excluding hydrogens is 411 g/mol. The van der Waals surface area contributed by atoms with E-state index < -0.39 is 6.04 Å². The van der Waals surface area contributed by atoms with Crippen molar-refractivity contribution in [3.63, 3.8) is 0 Å². The molecule has 6 heteroatoms. The number of nitrogens with zero attached hydrogens (tertiary/aromatic N) is 1. The molecule has 1 N–H and O–H groups in total. The van der Waals surface area contributed by atoms with Crippen LogP contribution in [-0.4, -0.2) is 34.0 Å². The van der Waals surface area contributed by atoms with Crippen LogP contribution in [0.25, 0.3) is 0 Å².